The number of benzene rings is 1. The number of H-pyrrole nitrogens is 1. The number of aromatic nitrogens is 3. The number of rotatable bonds is 2. The largest absolute Gasteiger partial charge is 0.486 e. The van der Waals surface area contributed by atoms with Crippen LogP contribution >= 0.6 is 11.9 Å². The van der Waals surface area contributed by atoms with Crippen LogP contribution in [0, 0.1) is 0 Å². The molecular weight excluding hydrogens is 324 g/mol. The van der Waals surface area contributed by atoms with E-state index in [0.717, 1.165) is 42.0 Å². The monoisotopic (exact) mass is 340 g/mol. The molecule has 0 unspecified atom stereocenters. The van der Waals surface area contributed by atoms with Crippen molar-refractivity contribution in [1.82, 2.24) is 19.5 Å². The fourth-order valence-electron chi connectivity index (χ4n) is 3.24. The van der Waals surface area contributed by atoms with E-state index in [2.05, 4.69) is 31.6 Å². The van der Waals surface area contributed by atoms with Crippen LogP contribution in [0.5, 0.6) is 11.5 Å². The third kappa shape index (κ3) is 2.40. The van der Waals surface area contributed by atoms with Crippen molar-refractivity contribution in [1.29, 1.82) is 0 Å². The first-order valence-electron chi connectivity index (χ1n) is 7.99. The lowest BCUT2D eigenvalue weighted by Crippen LogP contribution is -2.25. The van der Waals surface area contributed by atoms with Gasteiger partial charge in [0.25, 0.3) is 0 Å². The van der Waals surface area contributed by atoms with E-state index in [9.17, 15) is 0 Å². The quantitative estimate of drug-likeness (QED) is 0.724. The van der Waals surface area contributed by atoms with Gasteiger partial charge in [0.1, 0.15) is 13.2 Å². The third-order valence-electron chi connectivity index (χ3n) is 4.39. The molecule has 0 bridgehead atoms. The molecule has 24 heavy (non-hydrogen) atoms. The summed E-state index contributed by atoms with van der Waals surface area (Å²) in [5, 5.41) is 8.20. The van der Waals surface area contributed by atoms with Crippen molar-refractivity contribution < 1.29 is 9.47 Å². The van der Waals surface area contributed by atoms with Gasteiger partial charge in [0.15, 0.2) is 17.1 Å². The molecule has 0 radical (unpaired) electrons. The predicted octanol–water partition coefficient (Wildman–Crippen LogP) is 2.79. The summed E-state index contributed by atoms with van der Waals surface area (Å²) in [5.74, 6) is 1.67. The lowest BCUT2D eigenvalue weighted by Gasteiger charge is -2.28. The number of nitrogens with one attached hydrogen (secondary N) is 1. The second-order valence-corrected chi connectivity index (χ2v) is 7.07. The van der Waals surface area contributed by atoms with E-state index in [4.69, 9.17) is 9.47 Å². The molecule has 6 nitrogen and oxygen atoms in total. The molecule has 0 fully saturated rings. The second-order valence-electron chi connectivity index (χ2n) is 5.90. The van der Waals surface area contributed by atoms with Gasteiger partial charge in [-0.1, -0.05) is 0 Å². The normalized spacial score (nSPS) is 17.0. The maximum atomic E-state index is 5.67. The Labute approximate surface area is 143 Å². The lowest BCUT2D eigenvalue weighted by molar-refractivity contribution is 0.171. The second kappa shape index (κ2) is 5.68. The van der Waals surface area contributed by atoms with E-state index in [1.54, 1.807) is 11.9 Å². The van der Waals surface area contributed by atoms with E-state index in [-0.39, 0.29) is 0 Å². The summed E-state index contributed by atoms with van der Waals surface area (Å²) >= 11 is 1.75. The molecular formula is C17H16N4O2S. The first-order chi connectivity index (χ1) is 11.9. The van der Waals surface area contributed by atoms with Gasteiger partial charge >= 0.3 is 0 Å². The summed E-state index contributed by atoms with van der Waals surface area (Å²) in [6.45, 7) is 3.11. The van der Waals surface area contributed by atoms with Gasteiger partial charge in [-0.05, 0) is 47.7 Å². The average Bonchev–Trinajstić information content (AvgIpc) is 3.10. The molecule has 2 aromatic heterocycles. The minimum Gasteiger partial charge on any atom is -0.486 e. The number of nitrogens with zero attached hydrogens (tertiary/aromatic N) is 3. The van der Waals surface area contributed by atoms with Gasteiger partial charge in [-0.25, -0.2) is 9.29 Å². The summed E-state index contributed by atoms with van der Waals surface area (Å²) in [7, 11) is 0. The highest BCUT2D eigenvalue weighted by atomic mass is 32.2. The van der Waals surface area contributed by atoms with Crippen LogP contribution in [0.2, 0.25) is 0 Å². The molecule has 0 saturated heterocycles. The Hall–Kier alpha value is -2.25. The maximum Gasteiger partial charge on any atom is 0.162 e. The summed E-state index contributed by atoms with van der Waals surface area (Å²) in [6, 6.07) is 6.14. The number of hydrogen-bond donors (Lipinski definition) is 1. The van der Waals surface area contributed by atoms with E-state index >= 15 is 0 Å². The summed E-state index contributed by atoms with van der Waals surface area (Å²) in [4.78, 5) is 5.63. The highest BCUT2D eigenvalue weighted by Crippen LogP contribution is 2.37. The van der Waals surface area contributed by atoms with E-state index in [0.29, 0.717) is 13.2 Å². The Morgan fingerprint density at radius 1 is 1.12 bits per heavy atom. The van der Waals surface area contributed by atoms with Gasteiger partial charge in [-0.15, -0.1) is 0 Å². The molecule has 2 aliphatic rings. The molecule has 0 atom stereocenters. The van der Waals surface area contributed by atoms with E-state index in [1.807, 2.05) is 18.5 Å². The minimum atomic E-state index is 0.616. The number of fused-ring (bicyclic) bond motifs is 4. The zero-order chi connectivity index (χ0) is 15.9. The Balaban J connectivity index is 1.37. The Bertz CT molecular complexity index is 911. The van der Waals surface area contributed by atoms with Crippen LogP contribution in [-0.4, -0.2) is 39.2 Å². The van der Waals surface area contributed by atoms with Gasteiger partial charge in [0, 0.05) is 29.6 Å². The van der Waals surface area contributed by atoms with Crippen molar-refractivity contribution in [2.45, 2.75) is 17.9 Å². The van der Waals surface area contributed by atoms with Gasteiger partial charge < -0.3 is 9.47 Å². The zero-order valence-corrected chi connectivity index (χ0v) is 13.8. The van der Waals surface area contributed by atoms with Crippen molar-refractivity contribution in [3.63, 3.8) is 0 Å². The molecule has 0 amide bonds. The fraction of sp³-hybridized carbons (Fsp3) is 0.294. The summed E-state index contributed by atoms with van der Waals surface area (Å²) in [5.41, 5.74) is 3.52. The smallest absolute Gasteiger partial charge is 0.162 e. The first-order valence-corrected chi connectivity index (χ1v) is 8.76. The molecule has 0 saturated carbocycles. The van der Waals surface area contributed by atoms with Gasteiger partial charge in [0.05, 0.1) is 6.20 Å². The van der Waals surface area contributed by atoms with Crippen molar-refractivity contribution in [2.75, 3.05) is 19.8 Å². The molecule has 4 heterocycles. The molecule has 122 valence electrons. The van der Waals surface area contributed by atoms with Crippen LogP contribution in [0.4, 0.5) is 0 Å². The molecule has 0 aliphatic carbocycles. The minimum absolute atomic E-state index is 0.616. The van der Waals surface area contributed by atoms with Crippen LogP contribution < -0.4 is 9.47 Å². The number of pyridine rings is 1. The fourth-order valence-corrected chi connectivity index (χ4v) is 4.21. The average molecular weight is 340 g/mol. The summed E-state index contributed by atoms with van der Waals surface area (Å²) in [6.07, 6.45) is 4.85. The van der Waals surface area contributed by atoms with E-state index in [1.165, 1.54) is 16.0 Å². The predicted molar refractivity (Wildman–Crippen MR) is 91.3 cm³/mol. The van der Waals surface area contributed by atoms with Crippen molar-refractivity contribution >= 4 is 23.0 Å². The molecule has 1 aromatic carbocycles. The Kier molecular flexibility index (Phi) is 3.34. The SMILES string of the molecule is c1cc2c(cc1SN1CCc3c(cnc4[nH]ncc34)C1)OCCO2. The van der Waals surface area contributed by atoms with Crippen molar-refractivity contribution in [3.8, 4) is 11.5 Å². The molecule has 0 spiro atoms. The third-order valence-corrected chi connectivity index (χ3v) is 5.42. The Morgan fingerprint density at radius 3 is 3.00 bits per heavy atom. The van der Waals surface area contributed by atoms with Crippen LogP contribution in [0.15, 0.2) is 35.5 Å². The topological polar surface area (TPSA) is 63.3 Å². The van der Waals surface area contributed by atoms with Crippen LogP contribution in [0.1, 0.15) is 11.1 Å². The number of ether oxygens (including phenoxy) is 2. The van der Waals surface area contributed by atoms with Gasteiger partial charge in [0.2, 0.25) is 0 Å². The molecule has 5 rings (SSSR count). The standard InChI is InChI=1S/C17H16N4O2S/c1-2-15-16(23-6-5-22-15)7-12(1)24-21-4-3-13-11(10-21)8-18-17-14(13)9-19-20-17/h1-2,7-9H,3-6,10H2,(H,18,19,20). The van der Waals surface area contributed by atoms with E-state index < -0.39 is 0 Å². The first kappa shape index (κ1) is 14.1. The van der Waals surface area contributed by atoms with Gasteiger partial charge in [-0.3, -0.25) is 5.10 Å². The van der Waals surface area contributed by atoms with Crippen LogP contribution in [-0.2, 0) is 13.0 Å². The lowest BCUT2D eigenvalue weighted by atomic mass is 10.0. The number of hydrogen-bond acceptors (Lipinski definition) is 6. The highest BCUT2D eigenvalue weighted by Gasteiger charge is 2.21. The molecule has 7 heteroatoms. The number of aromatic amines is 1. The van der Waals surface area contributed by atoms with Crippen LogP contribution in [0.25, 0.3) is 11.0 Å². The summed E-state index contributed by atoms with van der Waals surface area (Å²) < 4.78 is 13.6. The highest BCUT2D eigenvalue weighted by molar-refractivity contribution is 7.97. The maximum absolute atomic E-state index is 5.67. The van der Waals surface area contributed by atoms with Gasteiger partial charge in [-0.2, -0.15) is 5.10 Å². The van der Waals surface area contributed by atoms with Crippen molar-refractivity contribution in [2.24, 2.45) is 0 Å². The molecule has 3 aromatic rings. The van der Waals surface area contributed by atoms with Crippen LogP contribution in [0.3, 0.4) is 0 Å². The van der Waals surface area contributed by atoms with Crippen molar-refractivity contribution in [3.05, 3.63) is 41.7 Å². The molecule has 2 aliphatic heterocycles. The molecule has 1 N–H and O–H groups in total. The Morgan fingerprint density at radius 2 is 2.04 bits per heavy atom. The zero-order valence-electron chi connectivity index (χ0n) is 13.0.